The van der Waals surface area contributed by atoms with E-state index in [9.17, 15) is 9.59 Å². The van der Waals surface area contributed by atoms with E-state index in [0.29, 0.717) is 35.5 Å². The summed E-state index contributed by atoms with van der Waals surface area (Å²) >= 11 is 0. The van der Waals surface area contributed by atoms with Gasteiger partial charge in [-0.3, -0.25) is 9.59 Å². The average Bonchev–Trinajstić information content (AvgIpc) is 2.59. The zero-order chi connectivity index (χ0) is 20.8. The van der Waals surface area contributed by atoms with Crippen molar-refractivity contribution >= 4 is 11.9 Å². The Kier molecular flexibility index (Phi) is 8.82. The predicted octanol–water partition coefficient (Wildman–Crippen LogP) is 5.77. The molecular formula is C24H42O4. The molecule has 6 unspecified atom stereocenters. The monoisotopic (exact) mass is 394 g/mol. The third-order valence-electron chi connectivity index (χ3n) is 7.02. The molecule has 2 aliphatic carbocycles. The van der Waals surface area contributed by atoms with Gasteiger partial charge in [-0.25, -0.2) is 0 Å². The molecule has 0 amide bonds. The number of carbonyl (C=O) groups excluding carboxylic acids is 2. The van der Waals surface area contributed by atoms with E-state index in [-0.39, 0.29) is 37.0 Å². The van der Waals surface area contributed by atoms with E-state index in [4.69, 9.17) is 9.47 Å². The lowest BCUT2D eigenvalue weighted by Crippen LogP contribution is -2.36. The first-order chi connectivity index (χ1) is 13.2. The van der Waals surface area contributed by atoms with Crippen LogP contribution in [0.25, 0.3) is 0 Å². The second kappa shape index (κ2) is 10.6. The number of hydrogen-bond donors (Lipinski definition) is 0. The molecule has 6 atom stereocenters. The topological polar surface area (TPSA) is 52.6 Å². The maximum atomic E-state index is 12.4. The van der Waals surface area contributed by atoms with Crippen molar-refractivity contribution < 1.29 is 19.1 Å². The predicted molar refractivity (Wildman–Crippen MR) is 112 cm³/mol. The molecule has 2 saturated carbocycles. The summed E-state index contributed by atoms with van der Waals surface area (Å²) in [5.74, 6) is 2.58. The fourth-order valence-electron chi connectivity index (χ4n) is 5.16. The van der Waals surface area contributed by atoms with Crippen LogP contribution in [0.15, 0.2) is 0 Å². The van der Waals surface area contributed by atoms with E-state index in [1.807, 2.05) is 0 Å². The highest BCUT2D eigenvalue weighted by atomic mass is 16.6. The summed E-state index contributed by atoms with van der Waals surface area (Å²) in [4.78, 5) is 24.8. The van der Waals surface area contributed by atoms with Gasteiger partial charge in [0.1, 0.15) is 12.2 Å². The molecule has 0 saturated heterocycles. The van der Waals surface area contributed by atoms with E-state index < -0.39 is 0 Å². The first kappa shape index (κ1) is 23.2. The number of hydrogen-bond acceptors (Lipinski definition) is 4. The fourth-order valence-corrected chi connectivity index (χ4v) is 5.16. The molecule has 2 rings (SSSR count). The van der Waals surface area contributed by atoms with E-state index in [2.05, 4.69) is 41.5 Å². The Morgan fingerprint density at radius 1 is 0.714 bits per heavy atom. The lowest BCUT2D eigenvalue weighted by atomic mass is 9.75. The van der Waals surface area contributed by atoms with Gasteiger partial charge < -0.3 is 9.47 Å². The zero-order valence-corrected chi connectivity index (χ0v) is 18.9. The van der Waals surface area contributed by atoms with Crippen molar-refractivity contribution in [3.63, 3.8) is 0 Å². The highest BCUT2D eigenvalue weighted by Crippen LogP contribution is 2.36. The van der Waals surface area contributed by atoms with E-state index >= 15 is 0 Å². The second-order valence-electron chi connectivity index (χ2n) is 10.2. The Bertz CT molecular complexity index is 467. The van der Waals surface area contributed by atoms with Crippen LogP contribution in [-0.4, -0.2) is 24.1 Å². The minimum atomic E-state index is -0.251. The summed E-state index contributed by atoms with van der Waals surface area (Å²) in [6, 6.07) is 0. The van der Waals surface area contributed by atoms with Crippen molar-refractivity contribution in [2.45, 2.75) is 105 Å². The Hall–Kier alpha value is -1.06. The lowest BCUT2D eigenvalue weighted by Gasteiger charge is -2.37. The molecule has 0 aromatic carbocycles. The largest absolute Gasteiger partial charge is 0.462 e. The number of carbonyl (C=O) groups is 2. The standard InChI is InChI=1S/C24H42O4/c1-15(2)19-9-7-17(5)13-21(19)27-23(25)11-12-24(26)28-22-14-18(6)8-10-20(22)16(3)4/h15-22H,7-14H2,1-6H3. The van der Waals surface area contributed by atoms with Crippen molar-refractivity contribution in [2.75, 3.05) is 0 Å². The van der Waals surface area contributed by atoms with Gasteiger partial charge in [0, 0.05) is 0 Å². The van der Waals surface area contributed by atoms with Gasteiger partial charge in [0.15, 0.2) is 0 Å². The highest BCUT2D eigenvalue weighted by Gasteiger charge is 2.35. The Morgan fingerprint density at radius 3 is 1.39 bits per heavy atom. The van der Waals surface area contributed by atoms with Gasteiger partial charge in [0.05, 0.1) is 12.8 Å². The van der Waals surface area contributed by atoms with Crippen LogP contribution in [0.1, 0.15) is 92.9 Å². The molecule has 0 aromatic rings. The Morgan fingerprint density at radius 2 is 1.07 bits per heavy atom. The summed E-state index contributed by atoms with van der Waals surface area (Å²) < 4.78 is 11.6. The minimum absolute atomic E-state index is 0.00298. The Balaban J connectivity index is 1.80. The molecule has 2 fully saturated rings. The molecule has 0 heterocycles. The van der Waals surface area contributed by atoms with Gasteiger partial charge in [-0.05, 0) is 61.2 Å². The summed E-state index contributed by atoms with van der Waals surface area (Å²) in [5.41, 5.74) is 0. The molecule has 0 aliphatic heterocycles. The molecule has 0 aromatic heterocycles. The molecular weight excluding hydrogens is 352 g/mol. The highest BCUT2D eigenvalue weighted by molar-refractivity contribution is 5.77. The Labute approximate surface area is 172 Å². The fraction of sp³-hybridized carbons (Fsp3) is 0.917. The molecule has 0 radical (unpaired) electrons. The first-order valence-corrected chi connectivity index (χ1v) is 11.6. The van der Waals surface area contributed by atoms with Gasteiger partial charge in [-0.2, -0.15) is 0 Å². The van der Waals surface area contributed by atoms with Crippen LogP contribution in [0.5, 0.6) is 0 Å². The van der Waals surface area contributed by atoms with Crippen LogP contribution in [0.2, 0.25) is 0 Å². The maximum absolute atomic E-state index is 12.4. The van der Waals surface area contributed by atoms with Crippen LogP contribution >= 0.6 is 0 Å². The number of esters is 2. The number of ether oxygens (including phenoxy) is 2. The van der Waals surface area contributed by atoms with Crippen LogP contribution in [0.3, 0.4) is 0 Å². The van der Waals surface area contributed by atoms with Gasteiger partial charge >= 0.3 is 11.9 Å². The summed E-state index contributed by atoms with van der Waals surface area (Å²) in [6.45, 7) is 13.3. The van der Waals surface area contributed by atoms with Crippen LogP contribution in [0.4, 0.5) is 0 Å². The third-order valence-corrected chi connectivity index (χ3v) is 7.02. The third kappa shape index (κ3) is 6.77. The molecule has 0 N–H and O–H groups in total. The number of rotatable bonds is 7. The zero-order valence-electron chi connectivity index (χ0n) is 18.9. The van der Waals surface area contributed by atoms with Gasteiger partial charge in [-0.15, -0.1) is 0 Å². The van der Waals surface area contributed by atoms with E-state index in [0.717, 1.165) is 25.7 Å². The van der Waals surface area contributed by atoms with Gasteiger partial charge in [-0.1, -0.05) is 54.4 Å². The molecule has 162 valence electrons. The van der Waals surface area contributed by atoms with Crippen LogP contribution < -0.4 is 0 Å². The molecule has 4 nitrogen and oxygen atoms in total. The van der Waals surface area contributed by atoms with Crippen molar-refractivity contribution in [2.24, 2.45) is 35.5 Å². The van der Waals surface area contributed by atoms with E-state index in [1.165, 1.54) is 12.8 Å². The van der Waals surface area contributed by atoms with Crippen LogP contribution in [-0.2, 0) is 19.1 Å². The quantitative estimate of drug-likeness (QED) is 0.514. The SMILES string of the molecule is CC1CCC(C(C)C)C(OC(=O)CCC(=O)OC2CC(C)CCC2C(C)C)C1. The van der Waals surface area contributed by atoms with Crippen molar-refractivity contribution in [3.8, 4) is 0 Å². The molecule has 0 spiro atoms. The lowest BCUT2D eigenvalue weighted by molar-refractivity contribution is -0.163. The maximum Gasteiger partial charge on any atom is 0.306 e. The van der Waals surface area contributed by atoms with E-state index in [1.54, 1.807) is 0 Å². The molecule has 4 heteroatoms. The molecule has 28 heavy (non-hydrogen) atoms. The summed E-state index contributed by atoms with van der Waals surface area (Å²) in [7, 11) is 0. The summed E-state index contributed by atoms with van der Waals surface area (Å²) in [5, 5.41) is 0. The van der Waals surface area contributed by atoms with Crippen molar-refractivity contribution in [3.05, 3.63) is 0 Å². The molecule has 0 bridgehead atoms. The van der Waals surface area contributed by atoms with Crippen molar-refractivity contribution in [1.82, 2.24) is 0 Å². The first-order valence-electron chi connectivity index (χ1n) is 11.6. The minimum Gasteiger partial charge on any atom is -0.462 e. The average molecular weight is 395 g/mol. The smallest absolute Gasteiger partial charge is 0.306 e. The van der Waals surface area contributed by atoms with Gasteiger partial charge in [0.2, 0.25) is 0 Å². The van der Waals surface area contributed by atoms with Gasteiger partial charge in [0.25, 0.3) is 0 Å². The molecule has 2 aliphatic rings. The summed E-state index contributed by atoms with van der Waals surface area (Å²) in [6.07, 6.45) is 6.79. The second-order valence-corrected chi connectivity index (χ2v) is 10.2. The van der Waals surface area contributed by atoms with Crippen molar-refractivity contribution in [1.29, 1.82) is 0 Å². The normalized spacial score (nSPS) is 33.7. The van der Waals surface area contributed by atoms with Crippen LogP contribution in [0, 0.1) is 35.5 Å².